The summed E-state index contributed by atoms with van der Waals surface area (Å²) in [6, 6.07) is 57.7. The van der Waals surface area contributed by atoms with Crippen LogP contribution in [0.5, 0.6) is 0 Å². The molecule has 206 valence electrons. The zero-order chi connectivity index (χ0) is 29.2. The molecule has 0 N–H and O–H groups in total. The molecule has 0 aliphatic rings. The Bertz CT molecular complexity index is 2430. The lowest BCUT2D eigenvalue weighted by molar-refractivity contribution is 1.29. The van der Waals surface area contributed by atoms with Crippen molar-refractivity contribution in [2.45, 2.75) is 6.92 Å². The average molecular weight is 560 g/mol. The number of aryl methyl sites for hydroxylation is 1. The molecule has 0 unspecified atom stereocenters. The summed E-state index contributed by atoms with van der Waals surface area (Å²) in [5.41, 5.74) is 7.27. The lowest BCUT2D eigenvalue weighted by atomic mass is 9.86. The van der Waals surface area contributed by atoms with Crippen LogP contribution in [0, 0.1) is 6.92 Å². The van der Waals surface area contributed by atoms with Gasteiger partial charge in [0.15, 0.2) is 0 Å². The number of hydrogen-bond donors (Lipinski definition) is 0. The molecule has 0 spiro atoms. The Morgan fingerprint density at radius 1 is 0.364 bits per heavy atom. The van der Waals surface area contributed by atoms with Crippen molar-refractivity contribution in [3.8, 4) is 11.1 Å². The maximum Gasteiger partial charge on any atom is 0.0468 e. The van der Waals surface area contributed by atoms with E-state index in [1.54, 1.807) is 0 Å². The summed E-state index contributed by atoms with van der Waals surface area (Å²) in [5.74, 6) is 0. The van der Waals surface area contributed by atoms with Crippen LogP contribution in [0.1, 0.15) is 5.56 Å². The topological polar surface area (TPSA) is 3.24 Å². The van der Waals surface area contributed by atoms with Gasteiger partial charge in [0.1, 0.15) is 0 Å². The minimum absolute atomic E-state index is 1.14. The van der Waals surface area contributed by atoms with Crippen LogP contribution in [0.2, 0.25) is 0 Å². The highest BCUT2D eigenvalue weighted by Gasteiger charge is 2.17. The molecule has 44 heavy (non-hydrogen) atoms. The van der Waals surface area contributed by atoms with Gasteiger partial charge in [0.2, 0.25) is 0 Å². The van der Waals surface area contributed by atoms with Gasteiger partial charge >= 0.3 is 0 Å². The first-order valence-electron chi connectivity index (χ1n) is 15.3. The fraction of sp³-hybridized carbons (Fsp3) is 0.0233. The van der Waals surface area contributed by atoms with Gasteiger partial charge in [0.25, 0.3) is 0 Å². The Morgan fingerprint density at radius 2 is 0.909 bits per heavy atom. The molecule has 0 saturated carbocycles. The van der Waals surface area contributed by atoms with Gasteiger partial charge in [-0.2, -0.15) is 0 Å². The first kappa shape index (κ1) is 24.9. The normalized spacial score (nSPS) is 11.8. The van der Waals surface area contributed by atoms with E-state index in [1.165, 1.54) is 70.6 Å². The maximum atomic E-state index is 2.35. The van der Waals surface area contributed by atoms with E-state index in [9.17, 15) is 0 Å². The van der Waals surface area contributed by atoms with Crippen molar-refractivity contribution >= 4 is 70.9 Å². The Labute approximate surface area is 256 Å². The van der Waals surface area contributed by atoms with Crippen LogP contribution in [0.3, 0.4) is 0 Å². The van der Waals surface area contributed by atoms with Crippen molar-refractivity contribution in [2.75, 3.05) is 4.90 Å². The molecular weight excluding hydrogens is 530 g/mol. The third kappa shape index (κ3) is 3.73. The summed E-state index contributed by atoms with van der Waals surface area (Å²) < 4.78 is 0. The van der Waals surface area contributed by atoms with Crippen LogP contribution >= 0.6 is 0 Å². The van der Waals surface area contributed by atoms with Crippen molar-refractivity contribution in [3.63, 3.8) is 0 Å². The van der Waals surface area contributed by atoms with Gasteiger partial charge in [-0.15, -0.1) is 0 Å². The molecule has 0 radical (unpaired) electrons. The number of rotatable bonds is 4. The van der Waals surface area contributed by atoms with E-state index in [2.05, 4.69) is 170 Å². The molecule has 9 aromatic carbocycles. The maximum absolute atomic E-state index is 2.35. The number of benzene rings is 9. The van der Waals surface area contributed by atoms with Gasteiger partial charge in [0, 0.05) is 17.1 Å². The molecule has 1 nitrogen and oxygen atoms in total. The lowest BCUT2D eigenvalue weighted by Gasteiger charge is -2.25. The summed E-state index contributed by atoms with van der Waals surface area (Å²) in [6.45, 7) is 2.21. The SMILES string of the molecule is Cc1ccc2c3cccc4c(-c5ccc6cc(N(c7ccccc7)c7ccccc7)ccc6c5)ccc(c5cccc1c25)c43. The van der Waals surface area contributed by atoms with Crippen molar-refractivity contribution in [3.05, 3.63) is 163 Å². The summed E-state index contributed by atoms with van der Waals surface area (Å²) in [5, 5.41) is 13.2. The standard InChI is InChI=1S/C43H29N/c1-28-18-23-40-39-17-9-15-37-36(24-25-41(43(37)39)38-16-8-14-35(28)42(38)40)31-20-19-30-27-34(22-21-29(30)26-31)44(32-10-4-2-5-11-32)33-12-6-3-7-13-33/h2-27H,1H3. The molecular formula is C43H29N. The highest BCUT2D eigenvalue weighted by Crippen LogP contribution is 2.44. The van der Waals surface area contributed by atoms with Crippen molar-refractivity contribution in [2.24, 2.45) is 0 Å². The van der Waals surface area contributed by atoms with Crippen LogP contribution in [-0.4, -0.2) is 0 Å². The number of nitrogens with zero attached hydrogens (tertiary/aromatic N) is 1. The molecule has 0 aliphatic heterocycles. The summed E-state index contributed by atoms with van der Waals surface area (Å²) in [4.78, 5) is 2.32. The van der Waals surface area contributed by atoms with Crippen LogP contribution in [0.15, 0.2) is 158 Å². The smallest absolute Gasteiger partial charge is 0.0468 e. The highest BCUT2D eigenvalue weighted by atomic mass is 15.1. The van der Waals surface area contributed by atoms with Gasteiger partial charge in [-0.05, 0) is 120 Å². The number of fused-ring (bicyclic) bond motifs is 3. The van der Waals surface area contributed by atoms with E-state index < -0.39 is 0 Å². The van der Waals surface area contributed by atoms with Gasteiger partial charge < -0.3 is 4.90 Å². The van der Waals surface area contributed by atoms with Gasteiger partial charge in [-0.25, -0.2) is 0 Å². The Balaban J connectivity index is 1.21. The van der Waals surface area contributed by atoms with E-state index in [0.29, 0.717) is 0 Å². The van der Waals surface area contributed by atoms with Crippen LogP contribution in [0.25, 0.3) is 65.0 Å². The average Bonchev–Trinajstić information content (AvgIpc) is 3.08. The Hall–Kier alpha value is -5.66. The second kappa shape index (κ2) is 9.69. The third-order valence-electron chi connectivity index (χ3n) is 9.30. The van der Waals surface area contributed by atoms with E-state index in [0.717, 1.165) is 17.1 Å². The molecule has 0 fully saturated rings. The van der Waals surface area contributed by atoms with E-state index in [1.807, 2.05) is 0 Å². The summed E-state index contributed by atoms with van der Waals surface area (Å²) in [7, 11) is 0. The van der Waals surface area contributed by atoms with Gasteiger partial charge in [0.05, 0.1) is 0 Å². The fourth-order valence-electron chi connectivity index (χ4n) is 7.25. The van der Waals surface area contributed by atoms with Crippen molar-refractivity contribution in [1.29, 1.82) is 0 Å². The predicted octanol–water partition coefficient (Wildman–Crippen LogP) is 12.3. The predicted molar refractivity (Wildman–Crippen MR) is 190 cm³/mol. The summed E-state index contributed by atoms with van der Waals surface area (Å²) >= 11 is 0. The third-order valence-corrected chi connectivity index (χ3v) is 9.30. The number of hydrogen-bond acceptors (Lipinski definition) is 1. The largest absolute Gasteiger partial charge is 0.310 e. The fourth-order valence-corrected chi connectivity index (χ4v) is 7.25. The van der Waals surface area contributed by atoms with Crippen LogP contribution < -0.4 is 4.90 Å². The monoisotopic (exact) mass is 559 g/mol. The molecule has 0 saturated heterocycles. The number of anilines is 3. The van der Waals surface area contributed by atoms with Crippen LogP contribution in [-0.2, 0) is 0 Å². The van der Waals surface area contributed by atoms with Crippen LogP contribution in [0.4, 0.5) is 17.1 Å². The number of para-hydroxylation sites is 2. The Morgan fingerprint density at radius 3 is 1.61 bits per heavy atom. The van der Waals surface area contributed by atoms with E-state index in [-0.39, 0.29) is 0 Å². The minimum Gasteiger partial charge on any atom is -0.310 e. The lowest BCUT2D eigenvalue weighted by Crippen LogP contribution is -2.09. The van der Waals surface area contributed by atoms with Crippen molar-refractivity contribution < 1.29 is 0 Å². The highest BCUT2D eigenvalue weighted by molar-refractivity contribution is 6.34. The first-order valence-corrected chi connectivity index (χ1v) is 15.3. The summed E-state index contributed by atoms with van der Waals surface area (Å²) in [6.07, 6.45) is 0. The molecule has 0 bridgehead atoms. The minimum atomic E-state index is 1.14. The molecule has 9 rings (SSSR count). The second-order valence-electron chi connectivity index (χ2n) is 11.8. The van der Waals surface area contributed by atoms with Gasteiger partial charge in [-0.1, -0.05) is 115 Å². The molecule has 0 heterocycles. The Kier molecular flexibility index (Phi) is 5.48. The molecule has 0 amide bonds. The van der Waals surface area contributed by atoms with Gasteiger partial charge in [-0.3, -0.25) is 0 Å². The zero-order valence-corrected chi connectivity index (χ0v) is 24.5. The van der Waals surface area contributed by atoms with E-state index >= 15 is 0 Å². The molecule has 0 atom stereocenters. The molecule has 0 aromatic heterocycles. The molecule has 9 aromatic rings. The quantitative estimate of drug-likeness (QED) is 0.153. The van der Waals surface area contributed by atoms with E-state index in [4.69, 9.17) is 0 Å². The molecule has 1 heteroatoms. The van der Waals surface area contributed by atoms with Crippen molar-refractivity contribution in [1.82, 2.24) is 0 Å². The zero-order valence-electron chi connectivity index (χ0n) is 24.5. The molecule has 0 aliphatic carbocycles. The first-order chi connectivity index (χ1) is 21.7. The second-order valence-corrected chi connectivity index (χ2v) is 11.8.